The second-order valence-electron chi connectivity index (χ2n) is 4.61. The van der Waals surface area contributed by atoms with E-state index in [2.05, 4.69) is 5.32 Å². The molecule has 1 aromatic rings. The van der Waals surface area contributed by atoms with E-state index in [0.29, 0.717) is 19.5 Å². The Morgan fingerprint density at radius 2 is 2.11 bits per heavy atom. The van der Waals surface area contributed by atoms with E-state index in [1.807, 2.05) is 30.3 Å². The number of amides is 2. The predicted molar refractivity (Wildman–Crippen MR) is 71.6 cm³/mol. The largest absolute Gasteiger partial charge is 0.396 e. The fourth-order valence-corrected chi connectivity index (χ4v) is 2.18. The topological polar surface area (TPSA) is 69.6 Å². The van der Waals surface area contributed by atoms with Crippen LogP contribution in [0.25, 0.3) is 0 Å². The number of aliphatic hydroxyl groups is 1. The van der Waals surface area contributed by atoms with Crippen molar-refractivity contribution in [3.8, 4) is 0 Å². The van der Waals surface area contributed by atoms with Gasteiger partial charge in [0.2, 0.25) is 11.8 Å². The van der Waals surface area contributed by atoms with Crippen molar-refractivity contribution in [1.82, 2.24) is 5.32 Å². The molecular weight excluding hydrogens is 244 g/mol. The normalized spacial score (nSPS) is 18.7. The van der Waals surface area contributed by atoms with Crippen molar-refractivity contribution < 1.29 is 14.7 Å². The van der Waals surface area contributed by atoms with Gasteiger partial charge in [0.15, 0.2) is 0 Å². The quantitative estimate of drug-likeness (QED) is 0.761. The summed E-state index contributed by atoms with van der Waals surface area (Å²) in [5.74, 6) is -0.430. The highest BCUT2D eigenvalue weighted by molar-refractivity contribution is 6.00. The second-order valence-corrected chi connectivity index (χ2v) is 4.61. The first kappa shape index (κ1) is 13.5. The van der Waals surface area contributed by atoms with Crippen LogP contribution in [-0.4, -0.2) is 36.6 Å². The van der Waals surface area contributed by atoms with Crippen molar-refractivity contribution >= 4 is 17.5 Å². The third kappa shape index (κ3) is 3.32. The lowest BCUT2D eigenvalue weighted by Gasteiger charge is -2.16. The summed E-state index contributed by atoms with van der Waals surface area (Å²) in [4.78, 5) is 25.4. The first-order chi connectivity index (χ1) is 9.22. The van der Waals surface area contributed by atoms with Crippen LogP contribution in [-0.2, 0) is 9.59 Å². The molecule has 5 heteroatoms. The van der Waals surface area contributed by atoms with Gasteiger partial charge in [-0.25, -0.2) is 0 Å². The molecule has 0 radical (unpaired) electrons. The minimum Gasteiger partial charge on any atom is -0.396 e. The molecule has 0 saturated carbocycles. The van der Waals surface area contributed by atoms with E-state index < -0.39 is 0 Å². The fourth-order valence-electron chi connectivity index (χ4n) is 2.18. The maximum atomic E-state index is 11.9. The van der Waals surface area contributed by atoms with Crippen LogP contribution in [0.2, 0.25) is 0 Å². The van der Waals surface area contributed by atoms with E-state index in [0.717, 1.165) is 5.69 Å². The molecule has 5 nitrogen and oxygen atoms in total. The lowest BCUT2D eigenvalue weighted by molar-refractivity contribution is -0.126. The van der Waals surface area contributed by atoms with Gasteiger partial charge in [0.05, 0.1) is 5.92 Å². The zero-order chi connectivity index (χ0) is 13.7. The van der Waals surface area contributed by atoms with Crippen LogP contribution in [0.3, 0.4) is 0 Å². The van der Waals surface area contributed by atoms with Crippen molar-refractivity contribution in [3.63, 3.8) is 0 Å². The van der Waals surface area contributed by atoms with Gasteiger partial charge in [0.1, 0.15) is 0 Å². The molecule has 1 heterocycles. The lowest BCUT2D eigenvalue weighted by Crippen LogP contribution is -2.33. The van der Waals surface area contributed by atoms with Crippen LogP contribution in [0.1, 0.15) is 12.8 Å². The van der Waals surface area contributed by atoms with Crippen LogP contribution in [0.15, 0.2) is 30.3 Å². The summed E-state index contributed by atoms with van der Waals surface area (Å²) in [5, 5.41) is 11.4. The third-order valence-electron chi connectivity index (χ3n) is 3.20. The molecule has 0 aliphatic carbocycles. The number of carbonyl (C=O) groups excluding carboxylic acids is 2. The summed E-state index contributed by atoms with van der Waals surface area (Å²) in [7, 11) is 0. The maximum Gasteiger partial charge on any atom is 0.227 e. The van der Waals surface area contributed by atoms with Crippen molar-refractivity contribution in [1.29, 1.82) is 0 Å². The van der Waals surface area contributed by atoms with Gasteiger partial charge in [0.25, 0.3) is 0 Å². The Balaban J connectivity index is 1.94. The molecule has 19 heavy (non-hydrogen) atoms. The average molecular weight is 262 g/mol. The number of nitrogens with one attached hydrogen (secondary N) is 1. The summed E-state index contributed by atoms with van der Waals surface area (Å²) >= 11 is 0. The van der Waals surface area contributed by atoms with Gasteiger partial charge in [-0.15, -0.1) is 0 Å². The second kappa shape index (κ2) is 6.33. The van der Waals surface area contributed by atoms with Gasteiger partial charge in [-0.2, -0.15) is 0 Å². The van der Waals surface area contributed by atoms with E-state index in [1.165, 1.54) is 0 Å². The highest BCUT2D eigenvalue weighted by Gasteiger charge is 2.34. The summed E-state index contributed by atoms with van der Waals surface area (Å²) in [6.07, 6.45) is 0.786. The molecule has 102 valence electrons. The number of hydrogen-bond acceptors (Lipinski definition) is 3. The molecule has 1 aliphatic heterocycles. The monoisotopic (exact) mass is 262 g/mol. The molecule has 1 atom stereocenters. The number of aliphatic hydroxyl groups excluding tert-OH is 1. The minimum absolute atomic E-state index is 0.0199. The van der Waals surface area contributed by atoms with E-state index in [4.69, 9.17) is 5.11 Å². The average Bonchev–Trinajstić information content (AvgIpc) is 2.82. The number of hydrogen-bond donors (Lipinski definition) is 2. The summed E-state index contributed by atoms with van der Waals surface area (Å²) in [6.45, 7) is 0.930. The molecule has 0 bridgehead atoms. The number of para-hydroxylation sites is 1. The molecule has 2 amide bonds. The Hall–Kier alpha value is -1.88. The Kier molecular flexibility index (Phi) is 4.52. The molecule has 1 fully saturated rings. The Labute approximate surface area is 112 Å². The first-order valence-electron chi connectivity index (χ1n) is 6.46. The predicted octanol–water partition coefficient (Wildman–Crippen LogP) is 0.538. The van der Waals surface area contributed by atoms with Crippen LogP contribution in [0, 0.1) is 5.92 Å². The Bertz CT molecular complexity index is 447. The maximum absolute atomic E-state index is 11.9. The summed E-state index contributed by atoms with van der Waals surface area (Å²) < 4.78 is 0. The standard InChI is InChI=1S/C14H18N2O3/c17-8-4-7-15-14(19)11-9-13(18)16(10-11)12-5-2-1-3-6-12/h1-3,5-6,11,17H,4,7-10H2,(H,15,19). The van der Waals surface area contributed by atoms with Gasteiger partial charge >= 0.3 is 0 Å². The lowest BCUT2D eigenvalue weighted by atomic mass is 10.1. The number of benzene rings is 1. The molecule has 2 N–H and O–H groups in total. The molecular formula is C14H18N2O3. The van der Waals surface area contributed by atoms with E-state index in [1.54, 1.807) is 4.90 Å². The highest BCUT2D eigenvalue weighted by Crippen LogP contribution is 2.24. The molecule has 0 aromatic heterocycles. The smallest absolute Gasteiger partial charge is 0.227 e. The minimum atomic E-state index is -0.300. The van der Waals surface area contributed by atoms with Crippen molar-refractivity contribution in [2.75, 3.05) is 24.6 Å². The number of anilines is 1. The Morgan fingerprint density at radius 3 is 2.79 bits per heavy atom. The molecule has 1 saturated heterocycles. The number of carbonyl (C=O) groups is 2. The zero-order valence-corrected chi connectivity index (χ0v) is 10.7. The van der Waals surface area contributed by atoms with Crippen molar-refractivity contribution in [2.45, 2.75) is 12.8 Å². The van der Waals surface area contributed by atoms with Crippen LogP contribution in [0.5, 0.6) is 0 Å². The highest BCUT2D eigenvalue weighted by atomic mass is 16.3. The van der Waals surface area contributed by atoms with E-state index in [-0.39, 0.29) is 30.8 Å². The zero-order valence-electron chi connectivity index (χ0n) is 10.7. The first-order valence-corrected chi connectivity index (χ1v) is 6.46. The molecule has 1 unspecified atom stereocenters. The molecule has 1 aromatic carbocycles. The van der Waals surface area contributed by atoms with Gasteiger partial charge in [-0.3, -0.25) is 9.59 Å². The number of nitrogens with zero attached hydrogens (tertiary/aromatic N) is 1. The van der Waals surface area contributed by atoms with E-state index >= 15 is 0 Å². The molecule has 1 aliphatic rings. The molecule has 0 spiro atoms. The van der Waals surface area contributed by atoms with Crippen molar-refractivity contribution in [3.05, 3.63) is 30.3 Å². The summed E-state index contributed by atoms with van der Waals surface area (Å²) in [6, 6.07) is 9.37. The Morgan fingerprint density at radius 1 is 1.37 bits per heavy atom. The van der Waals surface area contributed by atoms with Crippen LogP contribution >= 0.6 is 0 Å². The third-order valence-corrected chi connectivity index (χ3v) is 3.20. The fraction of sp³-hybridized carbons (Fsp3) is 0.429. The van der Waals surface area contributed by atoms with Gasteiger partial charge in [-0.05, 0) is 18.6 Å². The SMILES string of the molecule is O=C(NCCCO)C1CC(=O)N(c2ccccc2)C1. The number of rotatable bonds is 5. The van der Waals surface area contributed by atoms with Crippen LogP contribution < -0.4 is 10.2 Å². The summed E-state index contributed by atoms with van der Waals surface area (Å²) in [5.41, 5.74) is 0.832. The van der Waals surface area contributed by atoms with Gasteiger partial charge < -0.3 is 15.3 Å². The van der Waals surface area contributed by atoms with E-state index in [9.17, 15) is 9.59 Å². The van der Waals surface area contributed by atoms with Crippen molar-refractivity contribution in [2.24, 2.45) is 5.92 Å². The van der Waals surface area contributed by atoms with Gasteiger partial charge in [0, 0.05) is 31.8 Å². The van der Waals surface area contributed by atoms with Gasteiger partial charge in [-0.1, -0.05) is 18.2 Å². The van der Waals surface area contributed by atoms with Crippen LogP contribution in [0.4, 0.5) is 5.69 Å². The molecule has 2 rings (SSSR count).